The van der Waals surface area contributed by atoms with Gasteiger partial charge in [-0.3, -0.25) is 0 Å². The molecule has 1 aromatic rings. The van der Waals surface area contributed by atoms with E-state index in [0.717, 1.165) is 38.3 Å². The van der Waals surface area contributed by atoms with Gasteiger partial charge in [0.05, 0.1) is 6.61 Å². The number of benzene rings is 1. The van der Waals surface area contributed by atoms with E-state index in [0.29, 0.717) is 5.75 Å². The molecule has 2 N–H and O–H groups in total. The largest absolute Gasteiger partial charge is 0.508 e. The second kappa shape index (κ2) is 3.14. The van der Waals surface area contributed by atoms with Gasteiger partial charge in [0, 0.05) is 11.0 Å². The van der Waals surface area contributed by atoms with Crippen LogP contribution >= 0.6 is 0 Å². The average Bonchev–Trinajstić information content (AvgIpc) is 2.59. The Bertz CT molecular complexity index is 378. The van der Waals surface area contributed by atoms with Gasteiger partial charge >= 0.3 is 0 Å². The molecular weight excluding hydrogens is 190 g/mol. The van der Waals surface area contributed by atoms with Crippen LogP contribution < -0.4 is 10.1 Å². The SMILES string of the molecule is Oc1ccc2c(c1)C1(CCNCC1)CO2. The number of aromatic hydroxyl groups is 1. The van der Waals surface area contributed by atoms with E-state index in [1.54, 1.807) is 6.07 Å². The van der Waals surface area contributed by atoms with Gasteiger partial charge in [-0.05, 0) is 44.1 Å². The van der Waals surface area contributed by atoms with Crippen LogP contribution in [0.1, 0.15) is 18.4 Å². The zero-order valence-electron chi connectivity index (χ0n) is 8.62. The van der Waals surface area contributed by atoms with Crippen molar-refractivity contribution in [2.45, 2.75) is 18.3 Å². The highest BCUT2D eigenvalue weighted by Crippen LogP contribution is 2.45. The Balaban J connectivity index is 2.05. The fraction of sp³-hybridized carbons (Fsp3) is 0.500. The second-order valence-corrected chi connectivity index (χ2v) is 4.50. The van der Waals surface area contributed by atoms with E-state index in [9.17, 15) is 5.11 Å². The van der Waals surface area contributed by atoms with Crippen molar-refractivity contribution in [1.29, 1.82) is 0 Å². The number of hydrogen-bond donors (Lipinski definition) is 2. The van der Waals surface area contributed by atoms with Crippen molar-refractivity contribution in [2.24, 2.45) is 0 Å². The van der Waals surface area contributed by atoms with Crippen molar-refractivity contribution >= 4 is 0 Å². The molecule has 1 aromatic carbocycles. The summed E-state index contributed by atoms with van der Waals surface area (Å²) in [6, 6.07) is 5.44. The van der Waals surface area contributed by atoms with Gasteiger partial charge < -0.3 is 15.2 Å². The molecule has 0 aromatic heterocycles. The third-order valence-electron chi connectivity index (χ3n) is 3.60. The number of phenols is 1. The van der Waals surface area contributed by atoms with Crippen LogP contribution in [0.25, 0.3) is 0 Å². The smallest absolute Gasteiger partial charge is 0.123 e. The predicted octanol–water partition coefficient (Wildman–Crippen LogP) is 1.41. The number of hydrogen-bond acceptors (Lipinski definition) is 3. The Hall–Kier alpha value is -1.22. The van der Waals surface area contributed by atoms with E-state index in [1.807, 2.05) is 12.1 Å². The van der Waals surface area contributed by atoms with Gasteiger partial charge in [0.25, 0.3) is 0 Å². The second-order valence-electron chi connectivity index (χ2n) is 4.50. The summed E-state index contributed by atoms with van der Waals surface area (Å²) in [5.41, 5.74) is 1.35. The van der Waals surface area contributed by atoms with Crippen LogP contribution in [-0.2, 0) is 5.41 Å². The average molecular weight is 205 g/mol. The number of rotatable bonds is 0. The van der Waals surface area contributed by atoms with Crippen molar-refractivity contribution in [3.8, 4) is 11.5 Å². The molecule has 0 atom stereocenters. The topological polar surface area (TPSA) is 41.5 Å². The first kappa shape index (κ1) is 9.04. The first-order valence-electron chi connectivity index (χ1n) is 5.47. The van der Waals surface area contributed by atoms with Crippen molar-refractivity contribution in [2.75, 3.05) is 19.7 Å². The maximum Gasteiger partial charge on any atom is 0.123 e. The summed E-state index contributed by atoms with van der Waals surface area (Å²) in [4.78, 5) is 0. The van der Waals surface area contributed by atoms with Crippen molar-refractivity contribution in [3.63, 3.8) is 0 Å². The summed E-state index contributed by atoms with van der Waals surface area (Å²) in [7, 11) is 0. The molecular formula is C12H15NO2. The molecule has 0 bridgehead atoms. The Morgan fingerprint density at radius 2 is 2.07 bits per heavy atom. The number of nitrogens with one attached hydrogen (secondary N) is 1. The highest BCUT2D eigenvalue weighted by atomic mass is 16.5. The predicted molar refractivity (Wildman–Crippen MR) is 57.4 cm³/mol. The summed E-state index contributed by atoms with van der Waals surface area (Å²) in [6.45, 7) is 2.85. The van der Waals surface area contributed by atoms with Gasteiger partial charge in [-0.25, -0.2) is 0 Å². The highest BCUT2D eigenvalue weighted by molar-refractivity contribution is 5.48. The van der Waals surface area contributed by atoms with Gasteiger partial charge in [0.15, 0.2) is 0 Å². The summed E-state index contributed by atoms with van der Waals surface area (Å²) >= 11 is 0. The van der Waals surface area contributed by atoms with Gasteiger partial charge in [-0.2, -0.15) is 0 Å². The third-order valence-corrected chi connectivity index (χ3v) is 3.60. The van der Waals surface area contributed by atoms with E-state index >= 15 is 0 Å². The minimum absolute atomic E-state index is 0.152. The van der Waals surface area contributed by atoms with Crippen LogP contribution in [-0.4, -0.2) is 24.8 Å². The van der Waals surface area contributed by atoms with Crippen LogP contribution in [0.3, 0.4) is 0 Å². The van der Waals surface area contributed by atoms with Crippen molar-refractivity contribution in [1.82, 2.24) is 5.32 Å². The molecule has 80 valence electrons. The molecule has 0 saturated carbocycles. The normalized spacial score (nSPS) is 22.4. The molecule has 3 nitrogen and oxygen atoms in total. The fourth-order valence-electron chi connectivity index (χ4n) is 2.67. The maximum absolute atomic E-state index is 9.54. The monoisotopic (exact) mass is 205 g/mol. The van der Waals surface area contributed by atoms with Gasteiger partial charge in [0.2, 0.25) is 0 Å². The number of piperidine rings is 1. The lowest BCUT2D eigenvalue weighted by Crippen LogP contribution is -2.40. The van der Waals surface area contributed by atoms with E-state index in [1.165, 1.54) is 5.56 Å². The molecule has 1 fully saturated rings. The summed E-state index contributed by atoms with van der Waals surface area (Å²) in [5, 5.41) is 12.9. The Morgan fingerprint density at radius 3 is 2.87 bits per heavy atom. The lowest BCUT2D eigenvalue weighted by molar-refractivity contribution is 0.220. The van der Waals surface area contributed by atoms with E-state index in [2.05, 4.69) is 5.32 Å². The first-order valence-corrected chi connectivity index (χ1v) is 5.47. The molecule has 2 heterocycles. The minimum atomic E-state index is 0.152. The number of ether oxygens (including phenoxy) is 1. The summed E-state index contributed by atoms with van der Waals surface area (Å²) in [5.74, 6) is 1.30. The van der Waals surface area contributed by atoms with Crippen LogP contribution in [0.2, 0.25) is 0 Å². The molecule has 15 heavy (non-hydrogen) atoms. The van der Waals surface area contributed by atoms with Crippen molar-refractivity contribution in [3.05, 3.63) is 23.8 Å². The lowest BCUT2D eigenvalue weighted by Gasteiger charge is -2.32. The molecule has 3 heteroatoms. The molecule has 0 aliphatic carbocycles. The number of fused-ring (bicyclic) bond motifs is 2. The fourth-order valence-corrected chi connectivity index (χ4v) is 2.67. The first-order chi connectivity index (χ1) is 7.30. The Morgan fingerprint density at radius 1 is 1.27 bits per heavy atom. The van der Waals surface area contributed by atoms with Gasteiger partial charge in [-0.1, -0.05) is 0 Å². The Labute approximate surface area is 89.1 Å². The standard InChI is InChI=1S/C12H15NO2/c14-9-1-2-11-10(7-9)12(8-15-11)3-5-13-6-4-12/h1-2,7,13-14H,3-6,8H2. The van der Waals surface area contributed by atoms with E-state index in [-0.39, 0.29) is 5.41 Å². The zero-order chi connectivity index (χ0) is 10.3. The van der Waals surface area contributed by atoms with Crippen LogP contribution in [0.15, 0.2) is 18.2 Å². The van der Waals surface area contributed by atoms with Crippen molar-refractivity contribution < 1.29 is 9.84 Å². The highest BCUT2D eigenvalue weighted by Gasteiger charge is 2.41. The zero-order valence-corrected chi connectivity index (χ0v) is 8.62. The van der Waals surface area contributed by atoms with E-state index < -0.39 is 0 Å². The minimum Gasteiger partial charge on any atom is -0.508 e. The molecule has 0 radical (unpaired) electrons. The molecule has 2 aliphatic heterocycles. The molecule has 2 aliphatic rings. The molecule has 3 rings (SSSR count). The number of phenolic OH excluding ortho intramolecular Hbond substituents is 1. The molecule has 1 spiro atoms. The summed E-state index contributed by atoms with van der Waals surface area (Å²) < 4.78 is 5.71. The van der Waals surface area contributed by atoms with Gasteiger partial charge in [0.1, 0.15) is 11.5 Å². The molecule has 0 amide bonds. The molecule has 1 saturated heterocycles. The van der Waals surface area contributed by atoms with Crippen LogP contribution in [0, 0.1) is 0 Å². The summed E-state index contributed by atoms with van der Waals surface area (Å²) in [6.07, 6.45) is 2.20. The maximum atomic E-state index is 9.54. The van der Waals surface area contributed by atoms with Crippen LogP contribution in [0.5, 0.6) is 11.5 Å². The van der Waals surface area contributed by atoms with Gasteiger partial charge in [-0.15, -0.1) is 0 Å². The Kier molecular flexibility index (Phi) is 1.89. The lowest BCUT2D eigenvalue weighted by atomic mass is 9.75. The third kappa shape index (κ3) is 1.30. The van der Waals surface area contributed by atoms with E-state index in [4.69, 9.17) is 4.74 Å². The quantitative estimate of drug-likeness (QED) is 0.672. The van der Waals surface area contributed by atoms with Crippen LogP contribution in [0.4, 0.5) is 0 Å². The molecule has 0 unspecified atom stereocenters.